The Kier molecular flexibility index (Phi) is 2.09. The van der Waals surface area contributed by atoms with E-state index in [4.69, 9.17) is 28.7 Å². The van der Waals surface area contributed by atoms with Gasteiger partial charge in [0, 0.05) is 10.4 Å². The van der Waals surface area contributed by atoms with E-state index in [0.29, 0.717) is 20.9 Å². The molecule has 0 aliphatic carbocycles. The van der Waals surface area contributed by atoms with Crippen molar-refractivity contribution in [3.63, 3.8) is 0 Å². The van der Waals surface area contributed by atoms with Crippen molar-refractivity contribution in [1.29, 1.82) is 5.53 Å². The first-order chi connectivity index (χ1) is 6.63. The van der Waals surface area contributed by atoms with Crippen molar-refractivity contribution < 1.29 is 5.11 Å². The molecule has 1 heterocycles. The number of nitrogens with zero attached hydrogens (tertiary/aromatic N) is 1. The topological polar surface area (TPSA) is 72.2 Å². The highest BCUT2D eigenvalue weighted by Gasteiger charge is 2.13. The predicted molar refractivity (Wildman–Crippen MR) is 54.8 cm³/mol. The highest BCUT2D eigenvalue weighted by molar-refractivity contribution is 6.38. The minimum atomic E-state index is -0.181. The third-order valence-corrected chi connectivity index (χ3v) is 2.41. The summed E-state index contributed by atoms with van der Waals surface area (Å²) in [7, 11) is 0. The van der Waals surface area contributed by atoms with Crippen LogP contribution in [-0.2, 0) is 0 Å². The molecule has 4 nitrogen and oxygen atoms in total. The lowest BCUT2D eigenvalue weighted by molar-refractivity contribution is 0.459. The quantitative estimate of drug-likeness (QED) is 0.639. The van der Waals surface area contributed by atoms with E-state index in [0.717, 1.165) is 0 Å². The number of halogens is 2. The van der Waals surface area contributed by atoms with Gasteiger partial charge in [-0.15, -0.1) is 0 Å². The minimum absolute atomic E-state index is 0.143. The first-order valence-electron chi connectivity index (χ1n) is 3.70. The van der Waals surface area contributed by atoms with Gasteiger partial charge >= 0.3 is 0 Å². The van der Waals surface area contributed by atoms with E-state index in [1.54, 1.807) is 12.1 Å². The molecular formula is C8H5Cl2N3O. The molecule has 1 aromatic carbocycles. The van der Waals surface area contributed by atoms with Crippen molar-refractivity contribution in [3.05, 3.63) is 22.2 Å². The maximum absolute atomic E-state index is 9.38. The first kappa shape index (κ1) is 9.30. The lowest BCUT2D eigenvalue weighted by Gasteiger charge is -1.95. The van der Waals surface area contributed by atoms with Crippen molar-refractivity contribution in [1.82, 2.24) is 4.98 Å². The third-order valence-electron chi connectivity index (χ3n) is 1.89. The lowest BCUT2D eigenvalue weighted by Crippen LogP contribution is -1.71. The Hall–Kier alpha value is -1.26. The van der Waals surface area contributed by atoms with E-state index in [2.05, 4.69) is 10.1 Å². The molecule has 1 aromatic heterocycles. The molecular weight excluding hydrogens is 225 g/mol. The zero-order valence-electron chi connectivity index (χ0n) is 6.81. The molecule has 0 saturated heterocycles. The van der Waals surface area contributed by atoms with Crippen molar-refractivity contribution in [2.45, 2.75) is 0 Å². The van der Waals surface area contributed by atoms with E-state index < -0.39 is 0 Å². The van der Waals surface area contributed by atoms with Crippen molar-refractivity contribution in [2.75, 3.05) is 0 Å². The van der Waals surface area contributed by atoms with Crippen LogP contribution in [0.4, 0.5) is 5.69 Å². The van der Waals surface area contributed by atoms with Gasteiger partial charge in [0.1, 0.15) is 0 Å². The van der Waals surface area contributed by atoms with Gasteiger partial charge in [0.25, 0.3) is 0 Å². The molecule has 0 unspecified atom stereocenters. The summed E-state index contributed by atoms with van der Waals surface area (Å²) in [5.41, 5.74) is 7.55. The van der Waals surface area contributed by atoms with E-state index >= 15 is 0 Å². The maximum Gasteiger partial charge on any atom is 0.218 e. The molecule has 0 atom stereocenters. The van der Waals surface area contributed by atoms with Crippen LogP contribution in [-0.4, -0.2) is 10.1 Å². The van der Waals surface area contributed by atoms with E-state index in [9.17, 15) is 5.11 Å². The fourth-order valence-electron chi connectivity index (χ4n) is 1.31. The van der Waals surface area contributed by atoms with Crippen LogP contribution < -0.4 is 0 Å². The second-order valence-electron chi connectivity index (χ2n) is 2.74. The molecule has 6 heteroatoms. The molecule has 2 aromatic rings. The summed E-state index contributed by atoms with van der Waals surface area (Å²) in [6.07, 6.45) is 0. The summed E-state index contributed by atoms with van der Waals surface area (Å²) in [6, 6.07) is 3.14. The minimum Gasteiger partial charge on any atom is -0.493 e. The Morgan fingerprint density at radius 2 is 2.07 bits per heavy atom. The summed E-state index contributed by atoms with van der Waals surface area (Å²) in [4.78, 5) is 2.62. The van der Waals surface area contributed by atoms with E-state index in [1.807, 2.05) is 0 Å². The predicted octanol–water partition coefficient (Wildman–Crippen LogP) is 3.84. The van der Waals surface area contributed by atoms with Gasteiger partial charge in [-0.2, -0.15) is 5.11 Å². The number of hydrogen-bond donors (Lipinski definition) is 3. The van der Waals surface area contributed by atoms with Gasteiger partial charge in [0.05, 0.1) is 10.5 Å². The van der Waals surface area contributed by atoms with Gasteiger partial charge < -0.3 is 10.1 Å². The average Bonchev–Trinajstić information content (AvgIpc) is 2.41. The summed E-state index contributed by atoms with van der Waals surface area (Å²) in [5.74, 6) is -0.181. The Labute approximate surface area is 89.0 Å². The molecule has 0 aliphatic rings. The third kappa shape index (κ3) is 1.23. The Morgan fingerprint density at radius 3 is 2.71 bits per heavy atom. The maximum atomic E-state index is 9.38. The van der Waals surface area contributed by atoms with Gasteiger partial charge in [0.2, 0.25) is 5.88 Å². The van der Waals surface area contributed by atoms with Crippen LogP contribution in [0.5, 0.6) is 5.88 Å². The van der Waals surface area contributed by atoms with Gasteiger partial charge in [-0.3, -0.25) is 0 Å². The molecule has 2 rings (SSSR count). The lowest BCUT2D eigenvalue weighted by atomic mass is 10.2. The number of aromatic amines is 1. The number of benzene rings is 1. The largest absolute Gasteiger partial charge is 0.493 e. The highest BCUT2D eigenvalue weighted by Crippen LogP contribution is 2.39. The number of aromatic hydroxyl groups is 1. The van der Waals surface area contributed by atoms with Crippen molar-refractivity contribution in [3.8, 4) is 5.88 Å². The fraction of sp³-hybridized carbons (Fsp3) is 0. The smallest absolute Gasteiger partial charge is 0.218 e. The zero-order chi connectivity index (χ0) is 10.3. The van der Waals surface area contributed by atoms with Crippen molar-refractivity contribution >= 4 is 39.8 Å². The molecule has 0 bridgehead atoms. The van der Waals surface area contributed by atoms with Gasteiger partial charge in [-0.25, -0.2) is 5.53 Å². The van der Waals surface area contributed by atoms with Crippen LogP contribution in [0.2, 0.25) is 10.0 Å². The molecule has 72 valence electrons. The molecule has 3 N–H and O–H groups in total. The Morgan fingerprint density at radius 1 is 1.36 bits per heavy atom. The number of nitrogens with one attached hydrogen (secondary N) is 2. The van der Waals surface area contributed by atoms with Gasteiger partial charge in [-0.1, -0.05) is 23.2 Å². The standard InChI is InChI=1S/C8H5Cl2N3O/c9-3-1-4-6(5(10)2-3)12-8(14)7(4)13-11/h1-2,11-12,14H. The van der Waals surface area contributed by atoms with E-state index in [-0.39, 0.29) is 11.6 Å². The molecule has 0 saturated carbocycles. The van der Waals surface area contributed by atoms with Crippen molar-refractivity contribution in [2.24, 2.45) is 5.11 Å². The fourth-order valence-corrected chi connectivity index (χ4v) is 1.85. The molecule has 0 radical (unpaired) electrons. The molecule has 0 amide bonds. The molecule has 14 heavy (non-hydrogen) atoms. The SMILES string of the molecule is N=Nc1c(O)[nH]c2c(Cl)cc(Cl)cc12. The van der Waals surface area contributed by atoms with E-state index in [1.165, 1.54) is 0 Å². The van der Waals surface area contributed by atoms with Crippen LogP contribution in [0.3, 0.4) is 0 Å². The number of H-pyrrole nitrogens is 1. The van der Waals surface area contributed by atoms with Crippen LogP contribution in [0.1, 0.15) is 0 Å². The molecule has 0 aliphatic heterocycles. The number of aromatic nitrogens is 1. The number of hydrogen-bond acceptors (Lipinski definition) is 3. The molecule has 0 spiro atoms. The summed E-state index contributed by atoms with van der Waals surface area (Å²) in [6.45, 7) is 0. The van der Waals surface area contributed by atoms with Crippen LogP contribution in [0, 0.1) is 5.53 Å². The van der Waals surface area contributed by atoms with Gasteiger partial charge in [0.15, 0.2) is 5.69 Å². The summed E-state index contributed by atoms with van der Waals surface area (Å²) in [5, 5.41) is 13.9. The molecule has 0 fully saturated rings. The first-order valence-corrected chi connectivity index (χ1v) is 4.46. The Bertz CT molecular complexity index is 521. The second-order valence-corrected chi connectivity index (χ2v) is 3.59. The normalized spacial score (nSPS) is 10.7. The van der Waals surface area contributed by atoms with Gasteiger partial charge in [-0.05, 0) is 12.1 Å². The Balaban J connectivity index is 2.94. The highest BCUT2D eigenvalue weighted by atomic mass is 35.5. The second kappa shape index (κ2) is 3.15. The van der Waals surface area contributed by atoms with Crippen LogP contribution in [0.25, 0.3) is 10.9 Å². The monoisotopic (exact) mass is 229 g/mol. The average molecular weight is 230 g/mol. The van der Waals surface area contributed by atoms with Crippen LogP contribution in [0.15, 0.2) is 17.2 Å². The number of fused-ring (bicyclic) bond motifs is 1. The summed E-state index contributed by atoms with van der Waals surface area (Å²) >= 11 is 11.7. The van der Waals surface area contributed by atoms with Crippen LogP contribution >= 0.6 is 23.2 Å². The zero-order valence-corrected chi connectivity index (χ0v) is 8.32. The number of rotatable bonds is 1. The summed E-state index contributed by atoms with van der Waals surface area (Å²) < 4.78 is 0.